The van der Waals surface area contributed by atoms with Crippen LogP contribution in [0.3, 0.4) is 0 Å². The summed E-state index contributed by atoms with van der Waals surface area (Å²) in [5.74, 6) is 0.0397. The Hall–Kier alpha value is -2.46. The number of hydrogen-bond donors (Lipinski definition) is 3. The molecule has 19 heteroatoms. The number of carbonyl (C=O) groups excluding carboxylic acids is 4. The fraction of sp³-hybridized carbons (Fsp3) is 0.886. The first kappa shape index (κ1) is 86.5. The van der Waals surface area contributed by atoms with Crippen LogP contribution in [0.5, 0.6) is 0 Å². The molecule has 3 N–H and O–H groups in total. The first-order valence-corrected chi connectivity index (χ1v) is 38.7. The molecule has 0 aromatic heterocycles. The number of aliphatic hydroxyl groups is 1. The molecule has 0 aromatic carbocycles. The second kappa shape index (κ2) is 60.5. The minimum atomic E-state index is -4.96. The summed E-state index contributed by atoms with van der Waals surface area (Å²) in [7, 11) is -9.91. The van der Waals surface area contributed by atoms with Gasteiger partial charge in [-0.2, -0.15) is 0 Å². The molecule has 0 radical (unpaired) electrons. The molecule has 0 saturated heterocycles. The molecule has 0 saturated carbocycles. The monoisotopic (exact) mass is 1310 g/mol. The van der Waals surface area contributed by atoms with E-state index in [1.54, 1.807) is 0 Å². The van der Waals surface area contributed by atoms with Crippen LogP contribution >= 0.6 is 15.6 Å². The third kappa shape index (κ3) is 62.7. The summed E-state index contributed by atoms with van der Waals surface area (Å²) >= 11 is 0. The summed E-state index contributed by atoms with van der Waals surface area (Å²) in [6.07, 6.45) is 46.8. The summed E-state index contributed by atoms with van der Waals surface area (Å²) in [5.41, 5.74) is 0. The zero-order valence-corrected chi connectivity index (χ0v) is 59.2. The minimum Gasteiger partial charge on any atom is -0.462 e. The highest BCUT2D eigenvalue weighted by atomic mass is 31.2. The molecule has 0 aromatic rings. The zero-order valence-electron chi connectivity index (χ0n) is 57.4. The summed E-state index contributed by atoms with van der Waals surface area (Å²) in [4.78, 5) is 72.5. The fourth-order valence-corrected chi connectivity index (χ4v) is 11.5. The van der Waals surface area contributed by atoms with Gasteiger partial charge in [0.05, 0.1) is 26.4 Å². The Morgan fingerprint density at radius 1 is 0.371 bits per heavy atom. The normalized spacial score (nSPS) is 14.7. The van der Waals surface area contributed by atoms with E-state index in [4.69, 9.17) is 37.0 Å². The highest BCUT2D eigenvalue weighted by Crippen LogP contribution is 2.45. The Morgan fingerprint density at radius 3 is 1.00 bits per heavy atom. The van der Waals surface area contributed by atoms with E-state index >= 15 is 0 Å². The number of unbranched alkanes of at least 4 members (excludes halogenated alkanes) is 30. The average Bonchev–Trinajstić information content (AvgIpc) is 3.70. The van der Waals surface area contributed by atoms with Crippen molar-refractivity contribution in [1.29, 1.82) is 0 Å². The summed E-state index contributed by atoms with van der Waals surface area (Å²) in [6.45, 7) is 11.7. The molecule has 524 valence electrons. The van der Waals surface area contributed by atoms with Crippen LogP contribution in [0, 0.1) is 17.8 Å². The lowest BCUT2D eigenvalue weighted by Gasteiger charge is -2.21. The van der Waals surface area contributed by atoms with Crippen molar-refractivity contribution in [3.63, 3.8) is 0 Å². The van der Waals surface area contributed by atoms with Gasteiger partial charge in [0.2, 0.25) is 0 Å². The number of phosphoric acid groups is 2. The molecular weight excluding hydrogens is 1170 g/mol. The number of rotatable bonds is 66. The lowest BCUT2D eigenvalue weighted by molar-refractivity contribution is -0.161. The molecule has 0 spiro atoms. The van der Waals surface area contributed by atoms with Crippen LogP contribution in [0.2, 0.25) is 0 Å². The lowest BCUT2D eigenvalue weighted by Crippen LogP contribution is -2.30. The van der Waals surface area contributed by atoms with Crippen molar-refractivity contribution in [2.75, 3.05) is 39.6 Å². The maximum absolute atomic E-state index is 13.0. The number of aliphatic hydroxyl groups excluding tert-OH is 1. The Labute approximate surface area is 542 Å². The van der Waals surface area contributed by atoms with E-state index < -0.39 is 97.5 Å². The number of esters is 4. The first-order chi connectivity index (χ1) is 42.8. The molecule has 0 fully saturated rings. The number of hydrogen-bond acceptors (Lipinski definition) is 15. The third-order valence-corrected chi connectivity index (χ3v) is 17.8. The van der Waals surface area contributed by atoms with Gasteiger partial charge in [-0.1, -0.05) is 272 Å². The first-order valence-electron chi connectivity index (χ1n) is 35.7. The number of phosphoric ester groups is 2. The molecule has 0 amide bonds. The molecule has 0 rings (SSSR count). The SMILES string of the molecule is CCCCCC/C=C\C=C/CCCCCCCC(=O)O[C@H](COC(=O)CCCCCCCCC(C)C)COP(=O)(O)OC[C@H](O)COP(=O)(O)OC[C@@H](COC(=O)CCCCCCCCCCCCC(C)CC)OC(=O)CCCCCCCCCCC(C)C. The van der Waals surface area contributed by atoms with Crippen molar-refractivity contribution < 1.29 is 80.2 Å². The van der Waals surface area contributed by atoms with Crippen LogP contribution in [0.25, 0.3) is 0 Å². The smallest absolute Gasteiger partial charge is 0.462 e. The van der Waals surface area contributed by atoms with E-state index in [0.29, 0.717) is 37.5 Å². The van der Waals surface area contributed by atoms with Gasteiger partial charge in [0, 0.05) is 25.7 Å². The van der Waals surface area contributed by atoms with Gasteiger partial charge in [0.1, 0.15) is 19.3 Å². The highest BCUT2D eigenvalue weighted by molar-refractivity contribution is 7.47. The van der Waals surface area contributed by atoms with E-state index in [-0.39, 0.29) is 25.7 Å². The van der Waals surface area contributed by atoms with E-state index in [9.17, 15) is 43.2 Å². The summed E-state index contributed by atoms with van der Waals surface area (Å²) in [6, 6.07) is 0. The van der Waals surface area contributed by atoms with Gasteiger partial charge in [0.25, 0.3) is 0 Å². The Morgan fingerprint density at radius 2 is 0.663 bits per heavy atom. The molecule has 6 atom stereocenters. The molecule has 0 aliphatic rings. The fourth-order valence-electron chi connectivity index (χ4n) is 9.97. The summed E-state index contributed by atoms with van der Waals surface area (Å²) in [5, 5.41) is 10.6. The van der Waals surface area contributed by atoms with E-state index in [1.165, 1.54) is 116 Å². The molecule has 89 heavy (non-hydrogen) atoms. The van der Waals surface area contributed by atoms with Gasteiger partial charge in [-0.3, -0.25) is 37.3 Å². The van der Waals surface area contributed by atoms with Crippen molar-refractivity contribution >= 4 is 39.5 Å². The molecule has 3 unspecified atom stereocenters. The highest BCUT2D eigenvalue weighted by Gasteiger charge is 2.30. The maximum atomic E-state index is 13.0. The minimum absolute atomic E-state index is 0.0834. The number of carbonyl (C=O) groups is 4. The second-order valence-corrected chi connectivity index (χ2v) is 28.7. The Kier molecular flexibility index (Phi) is 58.8. The molecule has 0 aliphatic heterocycles. The van der Waals surface area contributed by atoms with Gasteiger partial charge in [-0.25, -0.2) is 9.13 Å². The zero-order chi connectivity index (χ0) is 65.9. The van der Waals surface area contributed by atoms with Crippen molar-refractivity contribution in [2.45, 2.75) is 343 Å². The quantitative estimate of drug-likeness (QED) is 0.0169. The van der Waals surface area contributed by atoms with Crippen molar-refractivity contribution in [3.05, 3.63) is 24.3 Å². The average molecular weight is 1310 g/mol. The van der Waals surface area contributed by atoms with Gasteiger partial charge in [0.15, 0.2) is 12.2 Å². The van der Waals surface area contributed by atoms with Gasteiger partial charge in [-0.05, 0) is 69.1 Å². The van der Waals surface area contributed by atoms with Crippen LogP contribution in [0.1, 0.15) is 325 Å². The van der Waals surface area contributed by atoms with Gasteiger partial charge < -0.3 is 33.8 Å². The van der Waals surface area contributed by atoms with Gasteiger partial charge in [-0.15, -0.1) is 0 Å². The topological polar surface area (TPSA) is 237 Å². The Bertz CT molecular complexity index is 1840. The lowest BCUT2D eigenvalue weighted by atomic mass is 9.99. The van der Waals surface area contributed by atoms with Crippen molar-refractivity contribution in [1.82, 2.24) is 0 Å². The molecular formula is C70H132O17P2. The number of ether oxygens (including phenoxy) is 4. The van der Waals surface area contributed by atoms with Crippen LogP contribution in [0.4, 0.5) is 0 Å². The van der Waals surface area contributed by atoms with Crippen LogP contribution < -0.4 is 0 Å². The Balaban J connectivity index is 5.27. The van der Waals surface area contributed by atoms with Crippen molar-refractivity contribution in [2.24, 2.45) is 17.8 Å². The van der Waals surface area contributed by atoms with E-state index in [1.807, 2.05) is 0 Å². The predicted octanol–water partition coefficient (Wildman–Crippen LogP) is 19.4. The van der Waals surface area contributed by atoms with E-state index in [2.05, 4.69) is 72.8 Å². The van der Waals surface area contributed by atoms with Crippen LogP contribution in [0.15, 0.2) is 24.3 Å². The molecule has 0 aliphatic carbocycles. The van der Waals surface area contributed by atoms with Crippen LogP contribution in [-0.4, -0.2) is 96.7 Å². The maximum Gasteiger partial charge on any atom is 0.472 e. The second-order valence-electron chi connectivity index (χ2n) is 25.8. The third-order valence-electron chi connectivity index (χ3n) is 15.9. The van der Waals surface area contributed by atoms with Gasteiger partial charge >= 0.3 is 39.5 Å². The molecule has 0 bridgehead atoms. The molecule has 0 heterocycles. The van der Waals surface area contributed by atoms with Crippen LogP contribution in [-0.2, 0) is 65.4 Å². The van der Waals surface area contributed by atoms with E-state index in [0.717, 1.165) is 115 Å². The predicted molar refractivity (Wildman–Crippen MR) is 358 cm³/mol. The molecule has 17 nitrogen and oxygen atoms in total. The number of allylic oxidation sites excluding steroid dienone is 4. The summed E-state index contributed by atoms with van der Waals surface area (Å²) < 4.78 is 68.2. The van der Waals surface area contributed by atoms with Crippen molar-refractivity contribution in [3.8, 4) is 0 Å². The standard InChI is InChI=1S/C70H132O17P2/c1-8-10-11-12-13-14-15-16-17-18-19-24-30-39-46-53-69(74)86-66(58-81-68(73)52-45-38-33-32-35-42-49-62(5)6)60-85-89(78,79)83-56-64(71)55-82-88(76,77)84-59-65(87-70(75)54-47-40-31-26-25-27-34-41-48-61(3)4)57-80-67(72)51-44-37-29-23-21-20-22-28-36-43-50-63(7)9-2/h14-17,61-66,71H,8-13,18-60H2,1-7H3,(H,76,77)(H,78,79)/b15-14-,17-16-/t63?,64-,65-,66-/m1/s1. The largest absolute Gasteiger partial charge is 0.472 e.